The van der Waals surface area contributed by atoms with Crippen LogP contribution in [0.25, 0.3) is 22.3 Å². The fourth-order valence-electron chi connectivity index (χ4n) is 4.12. The van der Waals surface area contributed by atoms with Gasteiger partial charge < -0.3 is 0 Å². The van der Waals surface area contributed by atoms with Gasteiger partial charge in [-0.2, -0.15) is 5.10 Å². The molecule has 4 aromatic rings. The van der Waals surface area contributed by atoms with E-state index >= 15 is 0 Å². The predicted molar refractivity (Wildman–Crippen MR) is 123 cm³/mol. The van der Waals surface area contributed by atoms with Gasteiger partial charge in [-0.05, 0) is 19.5 Å². The summed E-state index contributed by atoms with van der Waals surface area (Å²) >= 11 is 1.57. The van der Waals surface area contributed by atoms with Crippen molar-refractivity contribution in [1.82, 2.24) is 24.6 Å². The minimum Gasteiger partial charge on any atom is -0.298 e. The van der Waals surface area contributed by atoms with Gasteiger partial charge in [-0.15, -0.1) is 11.3 Å². The molecule has 0 atom stereocenters. The van der Waals surface area contributed by atoms with Crippen LogP contribution in [0.1, 0.15) is 33.5 Å². The molecule has 158 valence electrons. The van der Waals surface area contributed by atoms with Gasteiger partial charge in [0.25, 0.3) is 5.91 Å². The third-order valence-electron chi connectivity index (χ3n) is 5.76. The molecule has 0 fully saturated rings. The van der Waals surface area contributed by atoms with E-state index < -0.39 is 0 Å². The van der Waals surface area contributed by atoms with Crippen molar-refractivity contribution in [2.75, 3.05) is 18.4 Å². The lowest BCUT2D eigenvalue weighted by atomic mass is 10.1. The van der Waals surface area contributed by atoms with Gasteiger partial charge in [0.05, 0.1) is 28.0 Å². The maximum atomic E-state index is 13.4. The van der Waals surface area contributed by atoms with Gasteiger partial charge in [0.1, 0.15) is 0 Å². The summed E-state index contributed by atoms with van der Waals surface area (Å²) in [6.07, 6.45) is 0.926. The van der Waals surface area contributed by atoms with Crippen LogP contribution in [0.5, 0.6) is 0 Å². The normalized spacial score (nSPS) is 14.0. The van der Waals surface area contributed by atoms with Crippen LogP contribution < -0.4 is 5.32 Å². The molecule has 0 bridgehead atoms. The number of aryl methyl sites for hydroxylation is 2. The molecule has 1 N–H and O–H groups in total. The molecule has 0 unspecified atom stereocenters. The van der Waals surface area contributed by atoms with E-state index in [4.69, 9.17) is 9.97 Å². The fourth-order valence-corrected chi connectivity index (χ4v) is 5.16. The maximum Gasteiger partial charge on any atom is 0.258 e. The zero-order valence-electron chi connectivity index (χ0n) is 17.8. The molecule has 0 aliphatic carbocycles. The fraction of sp³-hybridized carbons (Fsp3) is 0.304. The highest BCUT2D eigenvalue weighted by molar-refractivity contribution is 7.15. The van der Waals surface area contributed by atoms with Crippen LogP contribution in [0.4, 0.5) is 5.13 Å². The van der Waals surface area contributed by atoms with E-state index in [0.29, 0.717) is 16.3 Å². The average Bonchev–Trinajstić information content (AvgIpc) is 3.32. The predicted octanol–water partition coefficient (Wildman–Crippen LogP) is 4.03. The van der Waals surface area contributed by atoms with Gasteiger partial charge in [-0.1, -0.05) is 37.3 Å². The molecular weight excluding hydrogens is 408 g/mol. The third-order valence-corrected chi connectivity index (χ3v) is 6.76. The first-order valence-corrected chi connectivity index (χ1v) is 11.3. The van der Waals surface area contributed by atoms with Crippen LogP contribution >= 0.6 is 11.3 Å². The average molecular weight is 433 g/mol. The summed E-state index contributed by atoms with van der Waals surface area (Å²) < 4.78 is 1.73. The molecule has 31 heavy (non-hydrogen) atoms. The molecule has 3 aromatic heterocycles. The monoisotopic (exact) mass is 432 g/mol. The van der Waals surface area contributed by atoms with Gasteiger partial charge in [-0.25, -0.2) is 9.97 Å². The second-order valence-electron chi connectivity index (χ2n) is 7.79. The Kier molecular flexibility index (Phi) is 5.03. The number of thiazole rings is 1. The Morgan fingerprint density at radius 3 is 2.81 bits per heavy atom. The topological polar surface area (TPSA) is 75.9 Å². The molecule has 0 spiro atoms. The van der Waals surface area contributed by atoms with E-state index in [1.165, 1.54) is 4.88 Å². The highest BCUT2D eigenvalue weighted by Crippen LogP contribution is 2.30. The molecule has 1 aliphatic rings. The van der Waals surface area contributed by atoms with E-state index in [1.807, 2.05) is 50.4 Å². The molecule has 0 saturated carbocycles. The van der Waals surface area contributed by atoms with Crippen LogP contribution in [-0.4, -0.2) is 43.6 Å². The Balaban J connectivity index is 1.53. The molecule has 8 heteroatoms. The number of likely N-dealkylation sites (N-methyl/N-ethyl adjacent to an activating group) is 1. The minimum atomic E-state index is -0.181. The van der Waals surface area contributed by atoms with Gasteiger partial charge in [0, 0.05) is 37.0 Å². The molecule has 1 aromatic carbocycles. The lowest BCUT2D eigenvalue weighted by Crippen LogP contribution is -2.29. The van der Waals surface area contributed by atoms with Crippen molar-refractivity contribution in [3.63, 3.8) is 0 Å². The van der Waals surface area contributed by atoms with Crippen molar-refractivity contribution >= 4 is 33.4 Å². The van der Waals surface area contributed by atoms with Crippen LogP contribution in [-0.2, 0) is 20.0 Å². The van der Waals surface area contributed by atoms with Crippen LogP contribution in [0.15, 0.2) is 36.4 Å². The van der Waals surface area contributed by atoms with Crippen molar-refractivity contribution in [2.45, 2.75) is 26.8 Å². The third kappa shape index (κ3) is 3.62. The van der Waals surface area contributed by atoms with Gasteiger partial charge >= 0.3 is 0 Å². The van der Waals surface area contributed by atoms with E-state index in [9.17, 15) is 4.79 Å². The van der Waals surface area contributed by atoms with E-state index in [0.717, 1.165) is 54.1 Å². The van der Waals surface area contributed by atoms with Crippen LogP contribution in [0, 0.1) is 6.92 Å². The zero-order chi connectivity index (χ0) is 21.5. The number of benzene rings is 1. The van der Waals surface area contributed by atoms with Crippen molar-refractivity contribution in [3.05, 3.63) is 58.2 Å². The number of aromatic nitrogens is 4. The zero-order valence-corrected chi connectivity index (χ0v) is 18.7. The summed E-state index contributed by atoms with van der Waals surface area (Å²) in [6.45, 7) is 7.02. The summed E-state index contributed by atoms with van der Waals surface area (Å²) in [5.74, 6) is -0.181. The second-order valence-corrected chi connectivity index (χ2v) is 8.87. The second kappa shape index (κ2) is 7.86. The molecule has 5 rings (SSSR count). The van der Waals surface area contributed by atoms with Crippen molar-refractivity contribution in [1.29, 1.82) is 0 Å². The van der Waals surface area contributed by atoms with Gasteiger partial charge in [0.2, 0.25) is 0 Å². The molecule has 7 nitrogen and oxygen atoms in total. The Morgan fingerprint density at radius 1 is 1.23 bits per heavy atom. The largest absolute Gasteiger partial charge is 0.298 e. The molecule has 0 radical (unpaired) electrons. The number of pyridine rings is 1. The van der Waals surface area contributed by atoms with Gasteiger partial charge in [0.15, 0.2) is 10.8 Å². The summed E-state index contributed by atoms with van der Waals surface area (Å²) in [4.78, 5) is 26.5. The minimum absolute atomic E-state index is 0.181. The number of nitrogens with zero attached hydrogens (tertiary/aromatic N) is 5. The summed E-state index contributed by atoms with van der Waals surface area (Å²) in [7, 11) is 1.85. The number of carbonyl (C=O) groups is 1. The molecular formula is C23H24N6OS. The number of hydrogen-bond acceptors (Lipinski definition) is 6. The summed E-state index contributed by atoms with van der Waals surface area (Å²) in [5.41, 5.74) is 4.86. The highest BCUT2D eigenvalue weighted by Gasteiger charge is 2.23. The number of fused-ring (bicyclic) bond motifs is 2. The van der Waals surface area contributed by atoms with Crippen molar-refractivity contribution in [3.8, 4) is 11.3 Å². The summed E-state index contributed by atoms with van der Waals surface area (Å²) in [5, 5.41) is 8.97. The standard InChI is InChI=1S/C23H24N6OS/c1-4-29-11-10-17-19(13-29)31-23(25-17)26-22(30)16-12-18(15-8-6-5-7-9-15)24-21-20(16)14(2)27-28(21)3/h5-9,12H,4,10-11,13H2,1-3H3,(H,25,26,30). The van der Waals surface area contributed by atoms with Crippen molar-refractivity contribution in [2.24, 2.45) is 7.05 Å². The van der Waals surface area contributed by atoms with E-state index in [1.54, 1.807) is 16.0 Å². The smallest absolute Gasteiger partial charge is 0.258 e. The van der Waals surface area contributed by atoms with Gasteiger partial charge in [-0.3, -0.25) is 19.7 Å². The Morgan fingerprint density at radius 2 is 2.03 bits per heavy atom. The van der Waals surface area contributed by atoms with Crippen LogP contribution in [0.3, 0.4) is 0 Å². The summed E-state index contributed by atoms with van der Waals surface area (Å²) in [6, 6.07) is 11.7. The Hall–Kier alpha value is -3.10. The quantitative estimate of drug-likeness (QED) is 0.527. The number of anilines is 1. The number of hydrogen-bond donors (Lipinski definition) is 1. The Bertz CT molecular complexity index is 1280. The number of carbonyl (C=O) groups excluding carboxylic acids is 1. The molecule has 1 amide bonds. The SMILES string of the molecule is CCN1CCc2nc(NC(=O)c3cc(-c4ccccc4)nc4c3c(C)nn4C)sc2C1. The number of nitrogens with one attached hydrogen (secondary N) is 1. The van der Waals surface area contributed by atoms with E-state index in [-0.39, 0.29) is 5.91 Å². The molecule has 0 saturated heterocycles. The number of amides is 1. The molecule has 4 heterocycles. The maximum absolute atomic E-state index is 13.4. The lowest BCUT2D eigenvalue weighted by Gasteiger charge is -2.23. The first kappa shape index (κ1) is 19.8. The van der Waals surface area contributed by atoms with Crippen molar-refractivity contribution < 1.29 is 4.79 Å². The van der Waals surface area contributed by atoms with E-state index in [2.05, 4.69) is 22.2 Å². The highest BCUT2D eigenvalue weighted by atomic mass is 32.1. The number of rotatable bonds is 4. The lowest BCUT2D eigenvalue weighted by molar-refractivity contribution is 0.102. The first-order chi connectivity index (χ1) is 15.0. The first-order valence-electron chi connectivity index (χ1n) is 10.5. The molecule has 1 aliphatic heterocycles. The van der Waals surface area contributed by atoms with Crippen LogP contribution in [0.2, 0.25) is 0 Å². The Labute approximate surface area is 184 Å².